The van der Waals surface area contributed by atoms with Gasteiger partial charge in [0.05, 0.1) is 0 Å². The lowest BCUT2D eigenvalue weighted by atomic mass is 10.1. The fourth-order valence-electron chi connectivity index (χ4n) is 1.99. The van der Waals surface area contributed by atoms with Gasteiger partial charge in [0.15, 0.2) is 0 Å². The molecule has 0 aliphatic heterocycles. The van der Waals surface area contributed by atoms with E-state index in [2.05, 4.69) is 30.5 Å². The van der Waals surface area contributed by atoms with Crippen LogP contribution in [0.2, 0.25) is 5.02 Å². The van der Waals surface area contributed by atoms with Crippen LogP contribution < -0.4 is 4.74 Å². The van der Waals surface area contributed by atoms with E-state index >= 15 is 0 Å². The normalized spacial score (nSPS) is 10.8. The van der Waals surface area contributed by atoms with Crippen molar-refractivity contribution in [3.63, 3.8) is 0 Å². The quantitative estimate of drug-likeness (QED) is 0.623. The van der Waals surface area contributed by atoms with Crippen molar-refractivity contribution in [3.05, 3.63) is 64.0 Å². The van der Waals surface area contributed by atoms with Crippen LogP contribution in [0.15, 0.2) is 47.8 Å². The van der Waals surface area contributed by atoms with Crippen LogP contribution >= 0.6 is 22.9 Å². The second-order valence-electron chi connectivity index (χ2n) is 4.50. The van der Waals surface area contributed by atoms with Crippen molar-refractivity contribution in [2.24, 2.45) is 0 Å². The Balaban J connectivity index is 1.80. The largest absolute Gasteiger partial charge is 0.489 e. The highest BCUT2D eigenvalue weighted by Crippen LogP contribution is 2.28. The molecule has 19 heavy (non-hydrogen) atoms. The zero-order chi connectivity index (χ0) is 13.2. The zero-order valence-electron chi connectivity index (χ0n) is 10.5. The lowest BCUT2D eigenvalue weighted by molar-refractivity contribution is 0.308. The van der Waals surface area contributed by atoms with E-state index in [1.165, 1.54) is 21.2 Å². The molecule has 0 atom stereocenters. The number of halogens is 1. The van der Waals surface area contributed by atoms with Crippen molar-refractivity contribution in [3.8, 4) is 5.75 Å². The third kappa shape index (κ3) is 2.75. The predicted molar refractivity (Wildman–Crippen MR) is 82.3 cm³/mol. The van der Waals surface area contributed by atoms with Crippen LogP contribution in [0.5, 0.6) is 5.75 Å². The van der Waals surface area contributed by atoms with Gasteiger partial charge < -0.3 is 4.74 Å². The number of hydrogen-bond donors (Lipinski definition) is 0. The van der Waals surface area contributed by atoms with Crippen LogP contribution in [0.4, 0.5) is 0 Å². The van der Waals surface area contributed by atoms with Gasteiger partial charge in [-0.1, -0.05) is 23.7 Å². The molecule has 0 saturated heterocycles. The zero-order valence-corrected chi connectivity index (χ0v) is 12.1. The van der Waals surface area contributed by atoms with Crippen LogP contribution in [-0.2, 0) is 6.61 Å². The fourth-order valence-corrected chi connectivity index (χ4v) is 3.16. The summed E-state index contributed by atoms with van der Waals surface area (Å²) in [5, 5.41) is 4.17. The molecule has 96 valence electrons. The highest BCUT2D eigenvalue weighted by molar-refractivity contribution is 7.17. The van der Waals surface area contributed by atoms with Gasteiger partial charge in [0.1, 0.15) is 12.4 Å². The van der Waals surface area contributed by atoms with E-state index in [0.29, 0.717) is 6.61 Å². The highest BCUT2D eigenvalue weighted by atomic mass is 35.5. The number of thiophene rings is 1. The van der Waals surface area contributed by atoms with Gasteiger partial charge in [-0.25, -0.2) is 0 Å². The van der Waals surface area contributed by atoms with Crippen LogP contribution in [0.3, 0.4) is 0 Å². The molecule has 3 heteroatoms. The maximum absolute atomic E-state index is 5.85. The maximum atomic E-state index is 5.85. The third-order valence-electron chi connectivity index (χ3n) is 3.02. The fraction of sp³-hybridized carbons (Fsp3) is 0.125. The van der Waals surface area contributed by atoms with E-state index in [9.17, 15) is 0 Å². The second kappa shape index (κ2) is 5.24. The van der Waals surface area contributed by atoms with Gasteiger partial charge in [0, 0.05) is 15.3 Å². The number of benzene rings is 2. The number of ether oxygens (including phenoxy) is 1. The van der Waals surface area contributed by atoms with E-state index in [-0.39, 0.29) is 0 Å². The molecule has 0 unspecified atom stereocenters. The first kappa shape index (κ1) is 12.5. The molecule has 0 saturated carbocycles. The first-order valence-electron chi connectivity index (χ1n) is 6.07. The molecule has 0 radical (unpaired) electrons. The minimum atomic E-state index is 0.588. The summed E-state index contributed by atoms with van der Waals surface area (Å²) < 4.78 is 7.11. The van der Waals surface area contributed by atoms with Gasteiger partial charge in [0.25, 0.3) is 0 Å². The summed E-state index contributed by atoms with van der Waals surface area (Å²) in [6.07, 6.45) is 0. The number of hydrogen-bond acceptors (Lipinski definition) is 2. The smallest absolute Gasteiger partial charge is 0.119 e. The Bertz CT molecular complexity index is 700. The first-order valence-corrected chi connectivity index (χ1v) is 7.33. The maximum Gasteiger partial charge on any atom is 0.119 e. The molecule has 1 heterocycles. The Kier molecular flexibility index (Phi) is 3.45. The predicted octanol–water partition coefficient (Wildman–Crippen LogP) is 5.44. The van der Waals surface area contributed by atoms with E-state index in [1.54, 1.807) is 11.3 Å². The molecule has 1 nitrogen and oxygen atoms in total. The van der Waals surface area contributed by atoms with Crippen molar-refractivity contribution in [2.75, 3.05) is 0 Å². The van der Waals surface area contributed by atoms with Gasteiger partial charge in [0.2, 0.25) is 0 Å². The molecular formula is C16H13ClOS. The molecule has 3 rings (SSSR count). The Hall–Kier alpha value is -1.51. The first-order chi connectivity index (χ1) is 9.22. The minimum Gasteiger partial charge on any atom is -0.489 e. The Morgan fingerprint density at radius 3 is 2.68 bits per heavy atom. The van der Waals surface area contributed by atoms with Gasteiger partial charge in [-0.05, 0) is 53.6 Å². The SMILES string of the molecule is Cc1ccc2c(COc3ccc(Cl)cc3)csc2c1. The molecule has 2 aromatic carbocycles. The molecule has 0 spiro atoms. The van der Waals surface area contributed by atoms with E-state index in [4.69, 9.17) is 16.3 Å². The average Bonchev–Trinajstić information content (AvgIpc) is 2.80. The van der Waals surface area contributed by atoms with E-state index < -0.39 is 0 Å². The van der Waals surface area contributed by atoms with Crippen molar-refractivity contribution in [1.29, 1.82) is 0 Å². The summed E-state index contributed by atoms with van der Waals surface area (Å²) in [5.74, 6) is 0.843. The third-order valence-corrected chi connectivity index (χ3v) is 4.27. The summed E-state index contributed by atoms with van der Waals surface area (Å²) in [5.41, 5.74) is 2.52. The minimum absolute atomic E-state index is 0.588. The molecule has 0 aliphatic rings. The highest BCUT2D eigenvalue weighted by Gasteiger charge is 2.05. The summed E-state index contributed by atoms with van der Waals surface area (Å²) in [4.78, 5) is 0. The molecule has 0 amide bonds. The van der Waals surface area contributed by atoms with Crippen LogP contribution in [0.25, 0.3) is 10.1 Å². The van der Waals surface area contributed by atoms with Crippen LogP contribution in [0, 0.1) is 6.92 Å². The Labute approximate surface area is 121 Å². The molecule has 1 aromatic heterocycles. The summed E-state index contributed by atoms with van der Waals surface area (Å²) in [7, 11) is 0. The van der Waals surface area contributed by atoms with E-state index in [1.807, 2.05) is 24.3 Å². The number of rotatable bonds is 3. The van der Waals surface area contributed by atoms with Gasteiger partial charge in [-0.15, -0.1) is 11.3 Å². The molecule has 0 N–H and O–H groups in total. The Morgan fingerprint density at radius 1 is 1.11 bits per heavy atom. The van der Waals surface area contributed by atoms with Crippen molar-refractivity contribution >= 4 is 33.0 Å². The number of fused-ring (bicyclic) bond motifs is 1. The summed E-state index contributed by atoms with van der Waals surface area (Å²) >= 11 is 7.62. The summed E-state index contributed by atoms with van der Waals surface area (Å²) in [6, 6.07) is 14.0. The number of aryl methyl sites for hydroxylation is 1. The van der Waals surface area contributed by atoms with Gasteiger partial charge in [-0.2, -0.15) is 0 Å². The monoisotopic (exact) mass is 288 g/mol. The lowest BCUT2D eigenvalue weighted by Gasteiger charge is -2.05. The van der Waals surface area contributed by atoms with Crippen molar-refractivity contribution in [1.82, 2.24) is 0 Å². The molecule has 0 fully saturated rings. The molecule has 0 bridgehead atoms. The standard InChI is InChI=1S/C16H13ClOS/c1-11-2-7-15-12(10-19-16(15)8-11)9-18-14-5-3-13(17)4-6-14/h2-8,10H,9H2,1H3. The van der Waals surface area contributed by atoms with Crippen LogP contribution in [-0.4, -0.2) is 0 Å². The van der Waals surface area contributed by atoms with E-state index in [0.717, 1.165) is 10.8 Å². The van der Waals surface area contributed by atoms with Gasteiger partial charge in [-0.3, -0.25) is 0 Å². The second-order valence-corrected chi connectivity index (χ2v) is 5.85. The molecule has 0 aliphatic carbocycles. The molecular weight excluding hydrogens is 276 g/mol. The summed E-state index contributed by atoms with van der Waals surface area (Å²) in [6.45, 7) is 2.70. The van der Waals surface area contributed by atoms with Crippen LogP contribution in [0.1, 0.15) is 11.1 Å². The van der Waals surface area contributed by atoms with Crippen molar-refractivity contribution in [2.45, 2.75) is 13.5 Å². The lowest BCUT2D eigenvalue weighted by Crippen LogP contribution is -1.93. The molecule has 3 aromatic rings. The average molecular weight is 289 g/mol. The topological polar surface area (TPSA) is 9.23 Å². The van der Waals surface area contributed by atoms with Crippen molar-refractivity contribution < 1.29 is 4.74 Å². The Morgan fingerprint density at radius 2 is 1.89 bits per heavy atom. The van der Waals surface area contributed by atoms with Gasteiger partial charge >= 0.3 is 0 Å².